The monoisotopic (exact) mass is 227 g/mol. The summed E-state index contributed by atoms with van der Waals surface area (Å²) in [5, 5.41) is 0. The molecule has 2 rings (SSSR count). The van der Waals surface area contributed by atoms with Crippen LogP contribution in [0.5, 0.6) is 5.75 Å². The van der Waals surface area contributed by atoms with Gasteiger partial charge in [-0.2, -0.15) is 0 Å². The molecule has 0 amide bonds. The minimum atomic E-state index is 0.460. The molecule has 0 fully saturated rings. The van der Waals surface area contributed by atoms with E-state index in [0.717, 1.165) is 11.5 Å². The van der Waals surface area contributed by atoms with Gasteiger partial charge in [0.15, 0.2) is 0 Å². The number of hydrogen-bond donors (Lipinski definition) is 0. The van der Waals surface area contributed by atoms with Crippen molar-refractivity contribution in [3.63, 3.8) is 0 Å². The number of allylic oxidation sites excluding steroid dienone is 3. The topological polar surface area (TPSA) is 9.23 Å². The highest BCUT2D eigenvalue weighted by atomic mass is 16.5. The normalized spacial score (nSPS) is 19.6. The minimum Gasteiger partial charge on any atom is -0.461 e. The summed E-state index contributed by atoms with van der Waals surface area (Å²) in [5.41, 5.74) is 3.93. The Hall–Kier alpha value is -1.50. The lowest BCUT2D eigenvalue weighted by molar-refractivity contribution is 0.428. The van der Waals surface area contributed by atoms with Crippen LogP contribution in [0.3, 0.4) is 0 Å². The minimum absolute atomic E-state index is 0.460. The molecule has 1 aliphatic rings. The molecule has 0 aromatic heterocycles. The Morgan fingerprint density at radius 1 is 1.06 bits per heavy atom. The van der Waals surface area contributed by atoms with Crippen molar-refractivity contribution in [2.24, 2.45) is 5.92 Å². The summed E-state index contributed by atoms with van der Waals surface area (Å²) >= 11 is 0. The molecular formula is C16H19O. The van der Waals surface area contributed by atoms with Crippen LogP contribution in [-0.2, 0) is 0 Å². The van der Waals surface area contributed by atoms with Crippen LogP contribution in [0, 0.1) is 26.2 Å². The van der Waals surface area contributed by atoms with E-state index in [0.29, 0.717) is 5.92 Å². The Kier molecular flexibility index (Phi) is 3.37. The van der Waals surface area contributed by atoms with E-state index >= 15 is 0 Å². The second kappa shape index (κ2) is 4.79. The molecule has 0 saturated carbocycles. The van der Waals surface area contributed by atoms with E-state index in [-0.39, 0.29) is 0 Å². The van der Waals surface area contributed by atoms with E-state index in [1.807, 2.05) is 12.5 Å². The number of aryl methyl sites for hydroxylation is 2. The van der Waals surface area contributed by atoms with Crippen LogP contribution in [0.2, 0.25) is 0 Å². The summed E-state index contributed by atoms with van der Waals surface area (Å²) in [6.07, 6.45) is 6.32. The largest absolute Gasteiger partial charge is 0.461 e. The number of hydrogen-bond acceptors (Lipinski definition) is 1. The Labute approximate surface area is 104 Å². The molecule has 1 atom stereocenters. The van der Waals surface area contributed by atoms with E-state index in [1.54, 1.807) is 0 Å². The van der Waals surface area contributed by atoms with Crippen molar-refractivity contribution in [3.8, 4) is 5.75 Å². The Balaban J connectivity index is 2.12. The van der Waals surface area contributed by atoms with Crippen molar-refractivity contribution in [1.82, 2.24) is 0 Å². The van der Waals surface area contributed by atoms with Crippen molar-refractivity contribution >= 4 is 0 Å². The summed E-state index contributed by atoms with van der Waals surface area (Å²) in [4.78, 5) is 0. The zero-order valence-corrected chi connectivity index (χ0v) is 10.9. The highest BCUT2D eigenvalue weighted by Gasteiger charge is 2.11. The molecule has 0 heterocycles. The standard InChI is InChI=1S/C16H19O/c1-11-5-7-15(9-13(11)3)17-16-8-6-12(2)14(4)10-16/h5-10,13H,1-4H3. The molecule has 0 N–H and O–H groups in total. The lowest BCUT2D eigenvalue weighted by Crippen LogP contribution is -2.05. The van der Waals surface area contributed by atoms with Gasteiger partial charge in [0.2, 0.25) is 0 Å². The average Bonchev–Trinajstić information content (AvgIpc) is 2.29. The first-order valence-corrected chi connectivity index (χ1v) is 6.04. The lowest BCUT2D eigenvalue weighted by atomic mass is 9.96. The van der Waals surface area contributed by atoms with Crippen LogP contribution in [0.4, 0.5) is 0 Å². The van der Waals surface area contributed by atoms with E-state index in [2.05, 4.69) is 52.0 Å². The summed E-state index contributed by atoms with van der Waals surface area (Å²) < 4.78 is 5.87. The first-order valence-electron chi connectivity index (χ1n) is 6.04. The van der Waals surface area contributed by atoms with E-state index in [1.165, 1.54) is 16.7 Å². The quantitative estimate of drug-likeness (QED) is 0.729. The van der Waals surface area contributed by atoms with Crippen LogP contribution in [0.15, 0.2) is 41.7 Å². The van der Waals surface area contributed by atoms with E-state index in [9.17, 15) is 0 Å². The molecule has 1 unspecified atom stereocenters. The summed E-state index contributed by atoms with van der Waals surface area (Å²) in [7, 11) is 0. The maximum absolute atomic E-state index is 5.87. The third kappa shape index (κ3) is 2.79. The van der Waals surface area contributed by atoms with Gasteiger partial charge in [-0.15, -0.1) is 0 Å². The van der Waals surface area contributed by atoms with Gasteiger partial charge >= 0.3 is 0 Å². The number of rotatable bonds is 2. The van der Waals surface area contributed by atoms with E-state index in [4.69, 9.17) is 4.74 Å². The van der Waals surface area contributed by atoms with Gasteiger partial charge in [0, 0.05) is 6.42 Å². The maximum Gasteiger partial charge on any atom is 0.127 e. The second-order valence-electron chi connectivity index (χ2n) is 4.78. The summed E-state index contributed by atoms with van der Waals surface area (Å²) in [6, 6.07) is 6.20. The van der Waals surface area contributed by atoms with Crippen molar-refractivity contribution in [3.05, 3.63) is 59.2 Å². The third-order valence-corrected chi connectivity index (χ3v) is 3.36. The third-order valence-electron chi connectivity index (χ3n) is 3.36. The molecule has 1 heteroatoms. The molecule has 0 bridgehead atoms. The lowest BCUT2D eigenvalue weighted by Gasteiger charge is -2.17. The molecule has 0 aliphatic heterocycles. The summed E-state index contributed by atoms with van der Waals surface area (Å²) in [6.45, 7) is 8.54. The molecule has 1 aliphatic carbocycles. The Morgan fingerprint density at radius 3 is 2.47 bits per heavy atom. The van der Waals surface area contributed by atoms with Crippen molar-refractivity contribution in [2.45, 2.75) is 27.7 Å². The van der Waals surface area contributed by atoms with Gasteiger partial charge in [-0.1, -0.05) is 24.6 Å². The molecule has 1 nitrogen and oxygen atoms in total. The van der Waals surface area contributed by atoms with Gasteiger partial charge in [0.05, 0.1) is 0 Å². The molecule has 17 heavy (non-hydrogen) atoms. The SMILES string of the molecule is CC1=C[CH]C(Oc2ccc(C)c(C)c2)=CC1C. The number of ether oxygens (including phenoxy) is 1. The Bertz CT molecular complexity index is 480. The highest BCUT2D eigenvalue weighted by molar-refractivity contribution is 5.37. The zero-order valence-electron chi connectivity index (χ0n) is 10.9. The van der Waals surface area contributed by atoms with Gasteiger partial charge in [0.25, 0.3) is 0 Å². The van der Waals surface area contributed by atoms with Gasteiger partial charge in [-0.25, -0.2) is 0 Å². The van der Waals surface area contributed by atoms with Gasteiger partial charge < -0.3 is 4.74 Å². The van der Waals surface area contributed by atoms with Crippen LogP contribution in [-0.4, -0.2) is 0 Å². The Morgan fingerprint density at radius 2 is 1.82 bits per heavy atom. The molecule has 1 radical (unpaired) electrons. The molecule has 0 saturated heterocycles. The van der Waals surface area contributed by atoms with Crippen molar-refractivity contribution in [2.75, 3.05) is 0 Å². The van der Waals surface area contributed by atoms with Crippen molar-refractivity contribution in [1.29, 1.82) is 0 Å². The smallest absolute Gasteiger partial charge is 0.127 e. The van der Waals surface area contributed by atoms with Crippen LogP contribution < -0.4 is 4.74 Å². The molecule has 1 aromatic carbocycles. The fourth-order valence-corrected chi connectivity index (χ4v) is 1.78. The first-order chi connectivity index (χ1) is 8.06. The van der Waals surface area contributed by atoms with Gasteiger partial charge in [-0.3, -0.25) is 0 Å². The van der Waals surface area contributed by atoms with Gasteiger partial charge in [0.1, 0.15) is 11.5 Å². The molecule has 1 aromatic rings. The molecule has 0 spiro atoms. The predicted octanol–water partition coefficient (Wildman–Crippen LogP) is 4.37. The van der Waals surface area contributed by atoms with Gasteiger partial charge in [-0.05, 0) is 56.0 Å². The molecule has 89 valence electrons. The molecular weight excluding hydrogens is 208 g/mol. The van der Waals surface area contributed by atoms with E-state index < -0.39 is 0 Å². The zero-order chi connectivity index (χ0) is 12.4. The highest BCUT2D eigenvalue weighted by Crippen LogP contribution is 2.25. The van der Waals surface area contributed by atoms with Crippen LogP contribution >= 0.6 is 0 Å². The first kappa shape index (κ1) is 12.0. The van der Waals surface area contributed by atoms with Crippen LogP contribution in [0.25, 0.3) is 0 Å². The fraction of sp³-hybridized carbons (Fsp3) is 0.312. The maximum atomic E-state index is 5.87. The fourth-order valence-electron chi connectivity index (χ4n) is 1.78. The second-order valence-corrected chi connectivity index (χ2v) is 4.78. The summed E-state index contributed by atoms with van der Waals surface area (Å²) in [5.74, 6) is 2.31. The van der Waals surface area contributed by atoms with Crippen molar-refractivity contribution < 1.29 is 4.74 Å². The van der Waals surface area contributed by atoms with Crippen LogP contribution in [0.1, 0.15) is 25.0 Å². The number of benzene rings is 1. The predicted molar refractivity (Wildman–Crippen MR) is 71.8 cm³/mol. The average molecular weight is 227 g/mol.